The van der Waals surface area contributed by atoms with Crippen molar-refractivity contribution in [2.75, 3.05) is 19.8 Å². The van der Waals surface area contributed by atoms with Gasteiger partial charge in [0.25, 0.3) is 0 Å². The first kappa shape index (κ1) is 51.7. The van der Waals surface area contributed by atoms with Crippen LogP contribution < -0.4 is 23.7 Å². The van der Waals surface area contributed by atoms with Crippen LogP contribution in [0.4, 0.5) is 5.69 Å². The third-order valence-corrected chi connectivity index (χ3v) is 7.11. The van der Waals surface area contributed by atoms with Crippen molar-refractivity contribution in [3.05, 3.63) is 99.1 Å². The first-order valence-electron chi connectivity index (χ1n) is 18.6. The first-order chi connectivity index (χ1) is 28.8. The molecule has 4 rings (SSSR count). The molecule has 0 aromatic heterocycles. The zero-order valence-electron chi connectivity index (χ0n) is 35.1. The summed E-state index contributed by atoms with van der Waals surface area (Å²) in [6, 6.07) is 16.4. The van der Waals surface area contributed by atoms with Crippen molar-refractivity contribution in [3.8, 4) is 46.0 Å². The van der Waals surface area contributed by atoms with Crippen LogP contribution in [-0.2, 0) is 9.59 Å². The number of benzene rings is 4. The molecule has 0 saturated carbocycles. The average Bonchev–Trinajstić information content (AvgIpc) is 3.20. The molecule has 0 aliphatic carbocycles. The molecule has 3 N–H and O–H groups in total. The van der Waals surface area contributed by atoms with Crippen molar-refractivity contribution in [2.24, 2.45) is 17.8 Å². The lowest BCUT2D eigenvalue weighted by Gasteiger charge is -2.14. The van der Waals surface area contributed by atoms with Gasteiger partial charge in [0.05, 0.1) is 47.0 Å². The number of phenolic OH excluding ortho intramolecular Hbond substituents is 3. The first-order valence-corrected chi connectivity index (χ1v) is 18.6. The van der Waals surface area contributed by atoms with Crippen molar-refractivity contribution in [2.45, 2.75) is 55.4 Å². The lowest BCUT2D eigenvalue weighted by Crippen LogP contribution is -2.11. The molecular weight excluding hydrogens is 798 g/mol. The number of rotatable bonds is 16. The van der Waals surface area contributed by atoms with Gasteiger partial charge in [0, 0.05) is 19.9 Å². The van der Waals surface area contributed by atoms with Gasteiger partial charge >= 0.3 is 17.6 Å². The Labute approximate surface area is 352 Å². The fourth-order valence-corrected chi connectivity index (χ4v) is 4.34. The Morgan fingerprint density at radius 2 is 0.967 bits per heavy atom. The highest BCUT2D eigenvalue weighted by atomic mass is 16.6. The standard InChI is InChI=1S/C13H15NO6.C13H16O4.C11H14O3.C7H6O3/c1-8(2)7-19-13-11(14(17)18)5-4-10(6-15)12(13)20-9(3)16;1-9(2)8-16-12-6-4-5-11(7-14)13(12)17-10(3)15;1-8(2)7-14-10-5-3-4-9(6-12)11(10)13;8-4-5-2-1-3-6(9)7(5)10/h4-6,8H,7H2,1-3H3;4-7,9H,8H2,1-3H3;3-6,8,13H,7H2,1-2H3;1-4,9-10H. The number of carbonyl (C=O) groups excluding carboxylic acids is 6. The molecule has 0 fully saturated rings. The van der Waals surface area contributed by atoms with E-state index in [-0.39, 0.29) is 69.4 Å². The Morgan fingerprint density at radius 1 is 0.557 bits per heavy atom. The Bertz CT molecular complexity index is 2110. The number of ether oxygens (including phenoxy) is 5. The third-order valence-electron chi connectivity index (χ3n) is 7.11. The van der Waals surface area contributed by atoms with E-state index < -0.39 is 16.9 Å². The SMILES string of the molecule is CC(=O)Oc1c(C=O)ccc([N+](=O)[O-])c1OCC(C)C.CC(=O)Oc1c(C=O)cccc1OCC(C)C.CC(C)COc1cccc(C=O)c1O.O=Cc1cccc(O)c1O. The van der Waals surface area contributed by atoms with Gasteiger partial charge in [-0.2, -0.15) is 0 Å². The van der Waals surface area contributed by atoms with Gasteiger partial charge in [-0.1, -0.05) is 59.7 Å². The summed E-state index contributed by atoms with van der Waals surface area (Å²) < 4.78 is 26.1. The fraction of sp³-hybridized carbons (Fsp3) is 0.318. The minimum Gasteiger partial charge on any atom is -0.504 e. The third kappa shape index (κ3) is 18.0. The lowest BCUT2D eigenvalue weighted by molar-refractivity contribution is -0.386. The Kier molecular flexibility index (Phi) is 22.6. The maximum absolute atomic E-state index is 11.1. The van der Waals surface area contributed by atoms with Crippen LogP contribution in [0.2, 0.25) is 0 Å². The van der Waals surface area contributed by atoms with E-state index in [1.807, 2.05) is 41.5 Å². The molecule has 0 radical (unpaired) electrons. The number of phenols is 3. The zero-order chi connectivity index (χ0) is 46.2. The van der Waals surface area contributed by atoms with Crippen LogP contribution in [0.25, 0.3) is 0 Å². The Balaban J connectivity index is 0.000000417. The van der Waals surface area contributed by atoms with Crippen LogP contribution in [0, 0.1) is 27.9 Å². The summed E-state index contributed by atoms with van der Waals surface area (Å²) in [7, 11) is 0. The number of nitro groups is 1. The Morgan fingerprint density at radius 3 is 1.43 bits per heavy atom. The number of hydrogen-bond acceptors (Lipinski definition) is 16. The molecule has 328 valence electrons. The number of aromatic hydroxyl groups is 3. The van der Waals surface area contributed by atoms with E-state index in [4.69, 9.17) is 33.9 Å². The topological polar surface area (TPSA) is 252 Å². The predicted molar refractivity (Wildman–Crippen MR) is 223 cm³/mol. The average molecular weight is 850 g/mol. The zero-order valence-corrected chi connectivity index (χ0v) is 35.1. The second kappa shape index (κ2) is 26.7. The van der Waals surface area contributed by atoms with E-state index in [0.717, 1.165) is 13.0 Å². The molecule has 0 amide bonds. The predicted octanol–water partition coefficient (Wildman–Crippen LogP) is 7.98. The summed E-state index contributed by atoms with van der Waals surface area (Å²) in [5.74, 6) is -0.501. The van der Waals surface area contributed by atoms with Crippen LogP contribution in [0.1, 0.15) is 96.8 Å². The van der Waals surface area contributed by atoms with E-state index in [9.17, 15) is 44.0 Å². The normalized spacial score (nSPS) is 10.0. The van der Waals surface area contributed by atoms with E-state index >= 15 is 0 Å². The highest BCUT2D eigenvalue weighted by Gasteiger charge is 2.25. The van der Waals surface area contributed by atoms with Crippen molar-refractivity contribution in [3.63, 3.8) is 0 Å². The van der Waals surface area contributed by atoms with Gasteiger partial charge in [-0.05, 0) is 60.2 Å². The summed E-state index contributed by atoms with van der Waals surface area (Å²) in [5, 5.41) is 38.3. The summed E-state index contributed by atoms with van der Waals surface area (Å²) in [6.07, 6.45) is 2.18. The maximum Gasteiger partial charge on any atom is 0.314 e. The molecule has 4 aromatic carbocycles. The van der Waals surface area contributed by atoms with Crippen LogP contribution in [0.15, 0.2) is 66.7 Å². The van der Waals surface area contributed by atoms with Crippen molar-refractivity contribution < 1.29 is 72.7 Å². The molecule has 0 spiro atoms. The van der Waals surface area contributed by atoms with Crippen LogP contribution in [0.3, 0.4) is 0 Å². The van der Waals surface area contributed by atoms with E-state index in [1.165, 1.54) is 31.2 Å². The van der Waals surface area contributed by atoms with E-state index in [0.29, 0.717) is 67.3 Å². The number of carbonyl (C=O) groups is 6. The highest BCUT2D eigenvalue weighted by molar-refractivity contribution is 5.86. The summed E-state index contributed by atoms with van der Waals surface area (Å²) >= 11 is 0. The van der Waals surface area contributed by atoms with Gasteiger partial charge in [-0.25, -0.2) is 0 Å². The number of esters is 2. The van der Waals surface area contributed by atoms with Crippen LogP contribution in [-0.4, -0.2) is 77.1 Å². The highest BCUT2D eigenvalue weighted by Crippen LogP contribution is 2.40. The molecule has 0 atom stereocenters. The molecule has 0 aliphatic rings. The van der Waals surface area contributed by atoms with Crippen LogP contribution in [0.5, 0.6) is 46.0 Å². The molecule has 17 nitrogen and oxygen atoms in total. The van der Waals surface area contributed by atoms with Gasteiger partial charge in [0.1, 0.15) is 0 Å². The minimum absolute atomic E-state index is 0.0181. The second-order valence-corrected chi connectivity index (χ2v) is 13.9. The Hall–Kier alpha value is -7.30. The number of aldehydes is 4. The minimum atomic E-state index is -0.692. The van der Waals surface area contributed by atoms with Gasteiger partial charge in [-0.15, -0.1) is 0 Å². The molecule has 0 saturated heterocycles. The van der Waals surface area contributed by atoms with Crippen molar-refractivity contribution >= 4 is 42.8 Å². The molecule has 0 heterocycles. The molecule has 4 aromatic rings. The van der Waals surface area contributed by atoms with Gasteiger partial charge in [0.2, 0.25) is 5.75 Å². The van der Waals surface area contributed by atoms with Crippen molar-refractivity contribution in [1.82, 2.24) is 0 Å². The fourth-order valence-electron chi connectivity index (χ4n) is 4.34. The quantitative estimate of drug-likeness (QED) is 0.0241. The second-order valence-electron chi connectivity index (χ2n) is 13.9. The maximum atomic E-state index is 11.1. The number of nitrogens with zero attached hydrogens (tertiary/aromatic N) is 1. The number of hydrogen-bond donors (Lipinski definition) is 3. The van der Waals surface area contributed by atoms with Gasteiger partial charge < -0.3 is 39.0 Å². The largest absolute Gasteiger partial charge is 0.504 e. The lowest BCUT2D eigenvalue weighted by atomic mass is 10.1. The molecule has 61 heavy (non-hydrogen) atoms. The van der Waals surface area contributed by atoms with Crippen molar-refractivity contribution in [1.29, 1.82) is 0 Å². The molecular formula is C44H51NO16. The molecule has 0 bridgehead atoms. The van der Waals surface area contributed by atoms with Gasteiger partial charge in [-0.3, -0.25) is 38.9 Å². The number of nitro benzene ring substituents is 1. The van der Waals surface area contributed by atoms with E-state index in [1.54, 1.807) is 36.4 Å². The molecule has 17 heteroatoms. The van der Waals surface area contributed by atoms with Gasteiger partial charge in [0.15, 0.2) is 65.4 Å². The summed E-state index contributed by atoms with van der Waals surface area (Å²) in [4.78, 5) is 74.8. The number of para-hydroxylation sites is 3. The smallest absolute Gasteiger partial charge is 0.314 e. The molecule has 0 aliphatic heterocycles. The summed E-state index contributed by atoms with van der Waals surface area (Å²) in [6.45, 7) is 15.4. The van der Waals surface area contributed by atoms with E-state index in [2.05, 4.69) is 0 Å². The molecule has 0 unspecified atom stereocenters. The summed E-state index contributed by atoms with van der Waals surface area (Å²) in [5.41, 5.74) is 0.324. The van der Waals surface area contributed by atoms with Crippen LogP contribution >= 0.6 is 0 Å². The monoisotopic (exact) mass is 849 g/mol.